The van der Waals surface area contributed by atoms with E-state index in [0.29, 0.717) is 0 Å². The molecule has 1 heterocycles. The van der Waals surface area contributed by atoms with E-state index in [4.69, 9.17) is 0 Å². The second-order valence-corrected chi connectivity index (χ2v) is 3.93. The van der Waals surface area contributed by atoms with Gasteiger partial charge in [0.2, 0.25) is 0 Å². The van der Waals surface area contributed by atoms with Gasteiger partial charge in [-0.15, -0.1) is 0 Å². The highest BCUT2D eigenvalue weighted by Gasteiger charge is 2.35. The number of piperazine rings is 1. The summed E-state index contributed by atoms with van der Waals surface area (Å²) in [7, 11) is 1.45. The third kappa shape index (κ3) is 2.43. The summed E-state index contributed by atoms with van der Waals surface area (Å²) < 4.78 is 0. The summed E-state index contributed by atoms with van der Waals surface area (Å²) >= 11 is 0. The molecule has 1 amide bonds. The van der Waals surface area contributed by atoms with Crippen LogP contribution in [0.5, 0.6) is 0 Å². The first kappa shape index (κ1) is 11.4. The van der Waals surface area contributed by atoms with Crippen molar-refractivity contribution >= 4 is 5.91 Å². The number of hydroxylamine groups is 1. The van der Waals surface area contributed by atoms with Crippen LogP contribution in [0.15, 0.2) is 0 Å². The molecule has 2 N–H and O–H groups in total. The number of nitrogens with one attached hydrogen (secondary N) is 2. The number of hydrogen-bond donors (Lipinski definition) is 2. The van der Waals surface area contributed by atoms with Gasteiger partial charge in [0.1, 0.15) is 0 Å². The Morgan fingerprint density at radius 1 is 1.43 bits per heavy atom. The molecule has 0 unspecified atom stereocenters. The van der Waals surface area contributed by atoms with Gasteiger partial charge in [-0.1, -0.05) is 0 Å². The minimum absolute atomic E-state index is 0.0955. The van der Waals surface area contributed by atoms with E-state index < -0.39 is 5.54 Å². The van der Waals surface area contributed by atoms with Gasteiger partial charge in [-0.3, -0.25) is 14.5 Å². The Hall–Kier alpha value is -0.650. The fraction of sp³-hybridized carbons (Fsp3) is 0.889. The van der Waals surface area contributed by atoms with Crippen molar-refractivity contribution < 1.29 is 9.63 Å². The minimum Gasteiger partial charge on any atom is -0.314 e. The third-order valence-electron chi connectivity index (χ3n) is 2.66. The Morgan fingerprint density at radius 2 is 2.00 bits per heavy atom. The van der Waals surface area contributed by atoms with Crippen molar-refractivity contribution in [1.29, 1.82) is 0 Å². The van der Waals surface area contributed by atoms with Crippen molar-refractivity contribution in [2.75, 3.05) is 33.3 Å². The monoisotopic (exact) mass is 201 g/mol. The van der Waals surface area contributed by atoms with Crippen LogP contribution < -0.4 is 10.8 Å². The lowest BCUT2D eigenvalue weighted by atomic mass is 10.0. The van der Waals surface area contributed by atoms with E-state index >= 15 is 0 Å². The highest BCUT2D eigenvalue weighted by molar-refractivity contribution is 5.84. The molecule has 82 valence electrons. The molecule has 0 aromatic rings. The second kappa shape index (κ2) is 4.72. The van der Waals surface area contributed by atoms with Crippen LogP contribution in [0.1, 0.15) is 13.8 Å². The van der Waals surface area contributed by atoms with Crippen molar-refractivity contribution in [3.05, 3.63) is 0 Å². The smallest absolute Gasteiger partial charge is 0.263 e. The summed E-state index contributed by atoms with van der Waals surface area (Å²) in [5, 5.41) is 3.25. The van der Waals surface area contributed by atoms with Gasteiger partial charge in [-0.05, 0) is 13.8 Å². The largest absolute Gasteiger partial charge is 0.314 e. The van der Waals surface area contributed by atoms with Gasteiger partial charge in [0, 0.05) is 26.2 Å². The third-order valence-corrected chi connectivity index (χ3v) is 2.66. The maximum atomic E-state index is 11.7. The van der Waals surface area contributed by atoms with E-state index in [2.05, 4.69) is 20.5 Å². The molecule has 14 heavy (non-hydrogen) atoms. The average Bonchev–Trinajstić information content (AvgIpc) is 2.19. The first-order valence-corrected chi connectivity index (χ1v) is 4.88. The van der Waals surface area contributed by atoms with Crippen LogP contribution in [0.3, 0.4) is 0 Å². The van der Waals surface area contributed by atoms with Crippen LogP contribution in [-0.2, 0) is 9.63 Å². The van der Waals surface area contributed by atoms with Crippen molar-refractivity contribution in [3.63, 3.8) is 0 Å². The molecule has 0 bridgehead atoms. The molecule has 5 heteroatoms. The van der Waals surface area contributed by atoms with Gasteiger partial charge in [0.25, 0.3) is 5.91 Å². The summed E-state index contributed by atoms with van der Waals surface area (Å²) in [6.45, 7) is 7.47. The molecule has 5 nitrogen and oxygen atoms in total. The van der Waals surface area contributed by atoms with Gasteiger partial charge in [0.15, 0.2) is 0 Å². The first-order chi connectivity index (χ1) is 6.59. The molecular formula is C9H19N3O2. The van der Waals surface area contributed by atoms with Crippen LogP contribution in [0.25, 0.3) is 0 Å². The Labute approximate surface area is 84.7 Å². The molecule has 0 radical (unpaired) electrons. The highest BCUT2D eigenvalue weighted by atomic mass is 16.6. The SMILES string of the molecule is CONC(=O)C(C)(C)N1CCNCC1. The molecule has 0 saturated carbocycles. The molecule has 0 atom stereocenters. The average molecular weight is 201 g/mol. The van der Waals surface area contributed by atoms with Crippen LogP contribution in [0, 0.1) is 0 Å². The fourth-order valence-electron chi connectivity index (χ4n) is 1.59. The molecule has 1 aliphatic rings. The Morgan fingerprint density at radius 3 is 2.50 bits per heavy atom. The number of carbonyl (C=O) groups excluding carboxylic acids is 1. The fourth-order valence-corrected chi connectivity index (χ4v) is 1.59. The molecule has 1 saturated heterocycles. The van der Waals surface area contributed by atoms with E-state index in [-0.39, 0.29) is 5.91 Å². The van der Waals surface area contributed by atoms with E-state index in [1.807, 2.05) is 13.8 Å². The van der Waals surface area contributed by atoms with Gasteiger partial charge < -0.3 is 5.32 Å². The van der Waals surface area contributed by atoms with Crippen LogP contribution >= 0.6 is 0 Å². The maximum absolute atomic E-state index is 11.7. The molecular weight excluding hydrogens is 182 g/mol. The molecule has 0 aliphatic carbocycles. The van der Waals surface area contributed by atoms with Gasteiger partial charge >= 0.3 is 0 Å². The summed E-state index contributed by atoms with van der Waals surface area (Å²) in [4.78, 5) is 18.5. The quantitative estimate of drug-likeness (QED) is 0.596. The summed E-state index contributed by atoms with van der Waals surface area (Å²) in [5.41, 5.74) is 1.88. The number of hydrogen-bond acceptors (Lipinski definition) is 4. The van der Waals surface area contributed by atoms with Crippen LogP contribution in [-0.4, -0.2) is 49.6 Å². The van der Waals surface area contributed by atoms with Crippen LogP contribution in [0.4, 0.5) is 0 Å². The number of carbonyl (C=O) groups is 1. The lowest BCUT2D eigenvalue weighted by Gasteiger charge is -2.39. The molecule has 0 spiro atoms. The highest BCUT2D eigenvalue weighted by Crippen LogP contribution is 2.14. The summed E-state index contributed by atoms with van der Waals surface area (Å²) in [6, 6.07) is 0. The molecule has 1 rings (SSSR count). The lowest BCUT2D eigenvalue weighted by molar-refractivity contribution is -0.143. The maximum Gasteiger partial charge on any atom is 0.263 e. The summed E-state index contributed by atoms with van der Waals surface area (Å²) in [5.74, 6) is -0.0955. The Kier molecular flexibility index (Phi) is 3.86. The Bertz CT molecular complexity index is 200. The number of nitrogens with zero attached hydrogens (tertiary/aromatic N) is 1. The minimum atomic E-state index is -0.502. The second-order valence-electron chi connectivity index (χ2n) is 3.93. The summed E-state index contributed by atoms with van der Waals surface area (Å²) in [6.07, 6.45) is 0. The lowest BCUT2D eigenvalue weighted by Crippen LogP contribution is -2.59. The van der Waals surface area contributed by atoms with Crippen LogP contribution in [0.2, 0.25) is 0 Å². The zero-order chi connectivity index (χ0) is 10.6. The van der Waals surface area contributed by atoms with Crippen molar-refractivity contribution in [2.24, 2.45) is 0 Å². The van der Waals surface area contributed by atoms with Crippen molar-refractivity contribution in [2.45, 2.75) is 19.4 Å². The van der Waals surface area contributed by atoms with Gasteiger partial charge in [-0.25, -0.2) is 5.48 Å². The van der Waals surface area contributed by atoms with Gasteiger partial charge in [-0.2, -0.15) is 0 Å². The zero-order valence-electron chi connectivity index (χ0n) is 9.09. The molecule has 0 aromatic carbocycles. The predicted molar refractivity (Wildman–Crippen MR) is 53.7 cm³/mol. The normalized spacial score (nSPS) is 19.4. The molecule has 1 fully saturated rings. The van der Waals surface area contributed by atoms with Crippen molar-refractivity contribution in [1.82, 2.24) is 15.7 Å². The van der Waals surface area contributed by atoms with Crippen molar-refractivity contribution in [3.8, 4) is 0 Å². The van der Waals surface area contributed by atoms with E-state index in [1.54, 1.807) is 0 Å². The van der Waals surface area contributed by atoms with E-state index in [0.717, 1.165) is 26.2 Å². The molecule has 0 aromatic heterocycles. The van der Waals surface area contributed by atoms with E-state index in [9.17, 15) is 4.79 Å². The molecule has 1 aliphatic heterocycles. The van der Waals surface area contributed by atoms with Gasteiger partial charge in [0.05, 0.1) is 12.6 Å². The number of rotatable bonds is 3. The standard InChI is InChI=1S/C9H19N3O2/c1-9(2,8(13)11-14-3)12-6-4-10-5-7-12/h10H,4-7H2,1-3H3,(H,11,13). The first-order valence-electron chi connectivity index (χ1n) is 4.88. The zero-order valence-corrected chi connectivity index (χ0v) is 9.09. The van der Waals surface area contributed by atoms with E-state index in [1.165, 1.54) is 7.11 Å². The predicted octanol–water partition coefficient (Wildman–Crippen LogP) is -0.652. The topological polar surface area (TPSA) is 53.6 Å². The number of amides is 1. The Balaban J connectivity index is 2.57.